The highest BCUT2D eigenvalue weighted by Crippen LogP contribution is 2.39. The highest BCUT2D eigenvalue weighted by atomic mass is 19.1. The number of hydrogen-bond donors (Lipinski definition) is 0. The van der Waals surface area contributed by atoms with E-state index in [1.54, 1.807) is 20.0 Å². The summed E-state index contributed by atoms with van der Waals surface area (Å²) in [6, 6.07) is 1.94. The smallest absolute Gasteiger partial charge is 0.349 e. The van der Waals surface area contributed by atoms with Crippen molar-refractivity contribution in [1.29, 1.82) is 0 Å². The highest BCUT2D eigenvalue weighted by molar-refractivity contribution is 6.02. The summed E-state index contributed by atoms with van der Waals surface area (Å²) < 4.78 is 16.5. The molecule has 1 aromatic carbocycles. The van der Waals surface area contributed by atoms with Crippen LogP contribution in [0.3, 0.4) is 0 Å². The van der Waals surface area contributed by atoms with Crippen LogP contribution in [0.5, 0.6) is 0 Å². The van der Waals surface area contributed by atoms with Gasteiger partial charge in [-0.2, -0.15) is 4.98 Å². The summed E-state index contributed by atoms with van der Waals surface area (Å²) in [6.07, 6.45) is 0. The number of fused-ring (bicyclic) bond motifs is 2. The molecule has 1 unspecified atom stereocenters. The lowest BCUT2D eigenvalue weighted by molar-refractivity contribution is 0.268. The zero-order valence-electron chi connectivity index (χ0n) is 14.5. The molecule has 2 aliphatic rings. The Kier molecular flexibility index (Phi) is 3.32. The minimum Gasteiger partial charge on any atom is -0.369 e. The van der Waals surface area contributed by atoms with E-state index in [0.717, 1.165) is 30.5 Å². The summed E-state index contributed by atoms with van der Waals surface area (Å²) in [7, 11) is 5.71. The predicted molar refractivity (Wildman–Crippen MR) is 93.6 cm³/mol. The van der Waals surface area contributed by atoms with Gasteiger partial charge in [-0.3, -0.25) is 4.57 Å². The van der Waals surface area contributed by atoms with E-state index in [9.17, 15) is 9.18 Å². The molecule has 1 saturated heterocycles. The number of hydrogen-bond acceptors (Lipinski definition) is 5. The van der Waals surface area contributed by atoms with Gasteiger partial charge in [0.2, 0.25) is 0 Å². The molecule has 6 nitrogen and oxygen atoms in total. The Morgan fingerprint density at radius 2 is 1.96 bits per heavy atom. The van der Waals surface area contributed by atoms with Crippen LogP contribution in [0.2, 0.25) is 0 Å². The maximum Gasteiger partial charge on any atom is 0.349 e. The summed E-state index contributed by atoms with van der Waals surface area (Å²) >= 11 is 0. The molecule has 1 atom stereocenters. The van der Waals surface area contributed by atoms with Crippen LogP contribution in [0, 0.1) is 12.7 Å². The molecule has 1 fully saturated rings. The number of aryl methyl sites for hydroxylation is 2. The van der Waals surface area contributed by atoms with Gasteiger partial charge < -0.3 is 14.7 Å². The van der Waals surface area contributed by atoms with Crippen LogP contribution >= 0.6 is 0 Å². The van der Waals surface area contributed by atoms with Crippen molar-refractivity contribution < 1.29 is 4.39 Å². The summed E-state index contributed by atoms with van der Waals surface area (Å²) in [4.78, 5) is 23.1. The van der Waals surface area contributed by atoms with Gasteiger partial charge in [0.05, 0.1) is 22.6 Å². The molecule has 0 bridgehead atoms. The van der Waals surface area contributed by atoms with Crippen molar-refractivity contribution in [3.8, 4) is 0 Å². The van der Waals surface area contributed by atoms with Gasteiger partial charge in [0, 0.05) is 40.3 Å². The minimum absolute atomic E-state index is 0.184. The molecule has 3 heterocycles. The third-order valence-electron chi connectivity index (χ3n) is 5.30. The molecule has 0 saturated carbocycles. The number of piperazine rings is 1. The SMILES string of the molecule is Cc1cc2c3c(nc(=O)n2C)N2CCN(C)CC2CN(C)c3c1F. The average molecular weight is 331 g/mol. The molecule has 1 aromatic heterocycles. The zero-order chi connectivity index (χ0) is 17.2. The van der Waals surface area contributed by atoms with Crippen molar-refractivity contribution in [2.24, 2.45) is 7.05 Å². The van der Waals surface area contributed by atoms with E-state index in [1.165, 1.54) is 4.57 Å². The van der Waals surface area contributed by atoms with Crippen LogP contribution in [-0.4, -0.2) is 60.8 Å². The fraction of sp³-hybridized carbons (Fsp3) is 0.529. The van der Waals surface area contributed by atoms with E-state index in [1.807, 2.05) is 11.9 Å². The van der Waals surface area contributed by atoms with E-state index >= 15 is 0 Å². The first kappa shape index (κ1) is 15.4. The van der Waals surface area contributed by atoms with Gasteiger partial charge in [0.1, 0.15) is 11.6 Å². The van der Waals surface area contributed by atoms with Gasteiger partial charge in [-0.25, -0.2) is 9.18 Å². The first-order chi connectivity index (χ1) is 11.4. The molecule has 0 N–H and O–H groups in total. The first-order valence-electron chi connectivity index (χ1n) is 8.24. The average Bonchev–Trinajstić information content (AvgIpc) is 2.64. The molecule has 4 rings (SSSR count). The summed E-state index contributed by atoms with van der Waals surface area (Å²) in [5.41, 5.74) is 1.55. The third kappa shape index (κ3) is 2.04. The van der Waals surface area contributed by atoms with Gasteiger partial charge in [-0.05, 0) is 25.6 Å². The van der Waals surface area contributed by atoms with Gasteiger partial charge in [0.15, 0.2) is 0 Å². The number of benzene rings is 1. The number of halogens is 1. The second-order valence-corrected chi connectivity index (χ2v) is 7.02. The van der Waals surface area contributed by atoms with E-state index < -0.39 is 0 Å². The second kappa shape index (κ2) is 5.17. The molecule has 128 valence electrons. The van der Waals surface area contributed by atoms with Gasteiger partial charge in [-0.1, -0.05) is 0 Å². The second-order valence-electron chi connectivity index (χ2n) is 7.02. The van der Waals surface area contributed by atoms with Crippen LogP contribution in [-0.2, 0) is 7.05 Å². The number of rotatable bonds is 0. The maximum absolute atomic E-state index is 15.0. The van der Waals surface area contributed by atoms with Gasteiger partial charge in [-0.15, -0.1) is 0 Å². The van der Waals surface area contributed by atoms with Gasteiger partial charge >= 0.3 is 5.69 Å². The molecular weight excluding hydrogens is 309 g/mol. The zero-order valence-corrected chi connectivity index (χ0v) is 14.5. The molecule has 24 heavy (non-hydrogen) atoms. The Bertz CT molecular complexity index is 893. The first-order valence-corrected chi connectivity index (χ1v) is 8.24. The van der Waals surface area contributed by atoms with Crippen molar-refractivity contribution in [2.75, 3.05) is 50.1 Å². The van der Waals surface area contributed by atoms with Crippen molar-refractivity contribution in [3.05, 3.63) is 27.9 Å². The molecule has 0 amide bonds. The quantitative estimate of drug-likeness (QED) is 0.719. The van der Waals surface area contributed by atoms with Crippen molar-refractivity contribution >= 4 is 22.4 Å². The predicted octanol–water partition coefficient (Wildman–Crippen LogP) is 0.951. The third-order valence-corrected chi connectivity index (χ3v) is 5.30. The summed E-state index contributed by atoms with van der Waals surface area (Å²) in [6.45, 7) is 5.02. The van der Waals surface area contributed by atoms with E-state index in [-0.39, 0.29) is 17.5 Å². The van der Waals surface area contributed by atoms with E-state index in [0.29, 0.717) is 23.6 Å². The number of aromatic nitrogens is 2. The monoisotopic (exact) mass is 331 g/mol. The lowest BCUT2D eigenvalue weighted by Crippen LogP contribution is -2.55. The summed E-state index contributed by atoms with van der Waals surface area (Å²) in [5.74, 6) is 0.407. The lowest BCUT2D eigenvalue weighted by atomic mass is 10.1. The fourth-order valence-corrected chi connectivity index (χ4v) is 3.99. The Morgan fingerprint density at radius 3 is 2.71 bits per heavy atom. The minimum atomic E-state index is -0.295. The van der Waals surface area contributed by atoms with Crippen molar-refractivity contribution in [3.63, 3.8) is 0 Å². The Hall–Kier alpha value is -2.15. The van der Waals surface area contributed by atoms with Crippen molar-refractivity contribution in [2.45, 2.75) is 13.0 Å². The molecule has 0 aliphatic carbocycles. The standard InChI is InChI=1S/C17H22FN5O/c1-10-7-12-13-15(14(10)18)21(3)9-11-8-20(2)5-6-23(11)16(13)19-17(24)22(12)4/h7,11H,5-6,8-9H2,1-4H3. The van der Waals surface area contributed by atoms with E-state index in [4.69, 9.17) is 0 Å². The normalized spacial score (nSPS) is 21.1. The van der Waals surface area contributed by atoms with Crippen LogP contribution in [0.15, 0.2) is 10.9 Å². The molecule has 2 aliphatic heterocycles. The van der Waals surface area contributed by atoms with Crippen LogP contribution in [0.4, 0.5) is 15.9 Å². The Morgan fingerprint density at radius 1 is 1.21 bits per heavy atom. The molecular formula is C17H22FN5O. The number of likely N-dealkylation sites (N-methyl/N-ethyl adjacent to an activating group) is 2. The molecule has 0 radical (unpaired) electrons. The fourth-order valence-electron chi connectivity index (χ4n) is 3.99. The summed E-state index contributed by atoms with van der Waals surface area (Å²) in [5, 5.41) is 0.745. The number of anilines is 2. The van der Waals surface area contributed by atoms with Crippen LogP contribution < -0.4 is 15.5 Å². The largest absolute Gasteiger partial charge is 0.369 e. The maximum atomic E-state index is 15.0. The van der Waals surface area contributed by atoms with Crippen LogP contribution in [0.25, 0.3) is 10.9 Å². The van der Waals surface area contributed by atoms with Crippen molar-refractivity contribution in [1.82, 2.24) is 14.5 Å². The van der Waals surface area contributed by atoms with E-state index in [2.05, 4.69) is 21.8 Å². The molecule has 2 aromatic rings. The molecule has 7 heteroatoms. The number of nitrogens with zero attached hydrogens (tertiary/aromatic N) is 5. The lowest BCUT2D eigenvalue weighted by Gasteiger charge is -2.40. The molecule has 0 spiro atoms. The topological polar surface area (TPSA) is 44.6 Å². The Balaban J connectivity index is 2.10. The Labute approximate surface area is 140 Å². The highest BCUT2D eigenvalue weighted by Gasteiger charge is 2.34. The van der Waals surface area contributed by atoms with Crippen LogP contribution in [0.1, 0.15) is 5.56 Å². The van der Waals surface area contributed by atoms with Gasteiger partial charge in [0.25, 0.3) is 0 Å².